The number of benzene rings is 3. The molecule has 184 valence electrons. The molecule has 1 aliphatic heterocycles. The van der Waals surface area contributed by atoms with Crippen LogP contribution < -0.4 is 15.9 Å². The molecule has 1 fully saturated rings. The van der Waals surface area contributed by atoms with Gasteiger partial charge >= 0.3 is 215 Å². The number of carbonyl (C=O) groups excluding carboxylic acids is 1. The topological polar surface area (TPSA) is 29.5 Å². The Hall–Kier alpha value is -2.61. The predicted molar refractivity (Wildman–Crippen MR) is 151 cm³/mol. The van der Waals surface area contributed by atoms with Crippen LogP contribution >= 0.6 is 17.2 Å². The van der Waals surface area contributed by atoms with E-state index in [4.69, 9.17) is 16.0 Å². The van der Waals surface area contributed by atoms with Crippen LogP contribution in [0.5, 0.6) is 0 Å². The van der Waals surface area contributed by atoms with E-state index < -0.39 is 11.6 Å². The van der Waals surface area contributed by atoms with Crippen molar-refractivity contribution in [1.29, 1.82) is 0 Å². The summed E-state index contributed by atoms with van der Waals surface area (Å²) in [5.41, 5.74) is 0.867. The third-order valence-corrected chi connectivity index (χ3v) is 13.8. The van der Waals surface area contributed by atoms with E-state index in [0.717, 1.165) is 19.0 Å². The van der Waals surface area contributed by atoms with Crippen LogP contribution in [0.2, 0.25) is 0 Å². The third-order valence-electron chi connectivity index (χ3n) is 6.66. The molecule has 1 saturated heterocycles. The predicted octanol–water partition coefficient (Wildman–Crippen LogP) is 6.63. The fourth-order valence-electron chi connectivity index (χ4n) is 4.79. The van der Waals surface area contributed by atoms with Gasteiger partial charge in [0.05, 0.1) is 0 Å². The molecule has 0 aromatic heterocycles. The number of amides is 1. The summed E-state index contributed by atoms with van der Waals surface area (Å²) in [4.78, 5) is 14.3. The molecule has 0 aliphatic carbocycles. The van der Waals surface area contributed by atoms with E-state index in [2.05, 4.69) is 78.9 Å². The Kier molecular flexibility index (Phi) is 7.40. The van der Waals surface area contributed by atoms with Crippen LogP contribution in [0.1, 0.15) is 33.6 Å². The van der Waals surface area contributed by atoms with Gasteiger partial charge in [0, 0.05) is 0 Å². The van der Waals surface area contributed by atoms with Crippen molar-refractivity contribution in [2.24, 2.45) is 0 Å². The Balaban J connectivity index is 1.71. The normalized spacial score (nSPS) is 15.7. The molecule has 35 heavy (non-hydrogen) atoms. The first-order valence-corrected chi connectivity index (χ1v) is 15.6. The van der Waals surface area contributed by atoms with Crippen molar-refractivity contribution >= 4 is 39.2 Å². The van der Waals surface area contributed by atoms with Crippen molar-refractivity contribution in [2.75, 3.05) is 19.3 Å². The molecule has 0 bridgehead atoms. The summed E-state index contributed by atoms with van der Waals surface area (Å²) in [5, 5.41) is 3.50. The zero-order chi connectivity index (χ0) is 25.0. The summed E-state index contributed by atoms with van der Waals surface area (Å²) in [7, 11) is 0. The van der Waals surface area contributed by atoms with Gasteiger partial charge < -0.3 is 0 Å². The Labute approximate surface area is 214 Å². The van der Waals surface area contributed by atoms with Crippen molar-refractivity contribution < 1.29 is 9.53 Å². The van der Waals surface area contributed by atoms with Crippen LogP contribution in [0.15, 0.2) is 103 Å². The van der Waals surface area contributed by atoms with Crippen molar-refractivity contribution in [3.8, 4) is 0 Å². The number of carbonyl (C=O) groups is 1. The molecular weight excluding hydrogens is 473 g/mol. The first-order chi connectivity index (χ1) is 16.7. The Morgan fingerprint density at radius 3 is 1.60 bits per heavy atom. The monoisotopic (exact) mass is 507 g/mol. The van der Waals surface area contributed by atoms with Crippen LogP contribution in [0.3, 0.4) is 0 Å². The molecule has 1 heterocycles. The van der Waals surface area contributed by atoms with Gasteiger partial charge in [0.25, 0.3) is 0 Å². The van der Waals surface area contributed by atoms with Crippen LogP contribution in [-0.4, -0.2) is 35.8 Å². The van der Waals surface area contributed by atoms with Gasteiger partial charge in [-0.1, -0.05) is 0 Å². The molecule has 1 aliphatic rings. The molecule has 0 radical (unpaired) electrons. The zero-order valence-corrected chi connectivity index (χ0v) is 22.5. The summed E-state index contributed by atoms with van der Waals surface area (Å²) in [5.74, 6) is -3.30. The van der Waals surface area contributed by atoms with E-state index in [-0.39, 0.29) is 6.09 Å². The number of nitrogens with zero attached hydrogens (tertiary/aromatic N) is 1. The number of likely N-dealkylation sites (tertiary alicyclic amines) is 1. The molecule has 3 aromatic carbocycles. The van der Waals surface area contributed by atoms with Crippen molar-refractivity contribution in [3.05, 3.63) is 103 Å². The number of hydrogen-bond acceptors (Lipinski definition) is 2. The quantitative estimate of drug-likeness (QED) is 0.286. The first-order valence-electron chi connectivity index (χ1n) is 12.3. The van der Waals surface area contributed by atoms with Crippen molar-refractivity contribution in [1.82, 2.24) is 4.90 Å². The van der Waals surface area contributed by atoms with Gasteiger partial charge in [-0.15, -0.1) is 0 Å². The molecule has 0 saturated carbocycles. The molecule has 1 amide bonds. The van der Waals surface area contributed by atoms with Gasteiger partial charge in [0.1, 0.15) is 0 Å². The summed E-state index contributed by atoms with van der Waals surface area (Å²) >= 11 is 8.15. The minimum atomic E-state index is -3.30. The molecule has 5 heteroatoms. The molecular formula is C30H35ClNO2P. The van der Waals surface area contributed by atoms with Gasteiger partial charge in [-0.25, -0.2) is 0 Å². The van der Waals surface area contributed by atoms with Crippen molar-refractivity contribution in [2.45, 2.75) is 39.2 Å². The maximum atomic E-state index is 12.5. The second-order valence-corrected chi connectivity index (χ2v) is 16.7. The van der Waals surface area contributed by atoms with Gasteiger partial charge in [-0.2, -0.15) is 0 Å². The second-order valence-electron chi connectivity index (χ2n) is 10.2. The average Bonchev–Trinajstić information content (AvgIpc) is 2.88. The van der Waals surface area contributed by atoms with E-state index in [1.807, 2.05) is 43.9 Å². The summed E-state index contributed by atoms with van der Waals surface area (Å²) in [6.07, 6.45) is 4.52. The number of piperidine rings is 1. The molecule has 3 aromatic rings. The Morgan fingerprint density at radius 2 is 1.23 bits per heavy atom. The van der Waals surface area contributed by atoms with Gasteiger partial charge in [-0.3, -0.25) is 0 Å². The minimum absolute atomic E-state index is 0.230. The Morgan fingerprint density at radius 1 is 0.829 bits per heavy atom. The van der Waals surface area contributed by atoms with E-state index in [0.29, 0.717) is 13.1 Å². The zero-order valence-electron chi connectivity index (χ0n) is 20.9. The second kappa shape index (κ2) is 10.2. The first kappa shape index (κ1) is 25.5. The van der Waals surface area contributed by atoms with Crippen LogP contribution in [0.25, 0.3) is 0 Å². The van der Waals surface area contributed by atoms with E-state index in [1.165, 1.54) is 21.5 Å². The van der Waals surface area contributed by atoms with E-state index in [9.17, 15) is 4.79 Å². The third kappa shape index (κ3) is 5.32. The van der Waals surface area contributed by atoms with Crippen LogP contribution in [-0.2, 0) is 4.74 Å². The van der Waals surface area contributed by atoms with E-state index >= 15 is 0 Å². The number of allylic oxidation sites excluding steroid dienone is 1. The molecule has 3 nitrogen and oxygen atoms in total. The fraction of sp³-hybridized carbons (Fsp3) is 0.300. The van der Waals surface area contributed by atoms with Gasteiger partial charge in [0.15, 0.2) is 0 Å². The number of ether oxygens (including phenoxy) is 1. The molecule has 0 N–H and O–H groups in total. The summed E-state index contributed by atoms with van der Waals surface area (Å²) < 4.78 is 5.57. The number of hydrogen-bond donors (Lipinski definition) is 0. The fourth-order valence-corrected chi connectivity index (χ4v) is 10.5. The summed E-state index contributed by atoms with van der Waals surface area (Å²) in [6, 6.07) is 31.7. The van der Waals surface area contributed by atoms with Gasteiger partial charge in [-0.05, 0) is 0 Å². The van der Waals surface area contributed by atoms with Gasteiger partial charge in [0.2, 0.25) is 0 Å². The van der Waals surface area contributed by atoms with Crippen LogP contribution in [0, 0.1) is 0 Å². The molecule has 0 spiro atoms. The number of rotatable bonds is 5. The van der Waals surface area contributed by atoms with E-state index in [1.54, 1.807) is 0 Å². The SMILES string of the molecule is CC(C)(C)OC(=O)N1CCC(=CCP(Cl)(c2ccccc2)(c2ccccc2)c2ccccc2)CC1. The molecule has 0 atom stereocenters. The standard InChI is InChI=1S/C30H35ClNO2P/c1-30(2,3)34-29(33)32-22-19-25(20-23-32)21-24-35(31,26-13-7-4-8-14-26,27-15-9-5-10-16-27)28-17-11-6-12-18-28/h4-18,21H,19-20,22-24H2,1-3H3. The Bertz CT molecular complexity index is 1060. The summed E-state index contributed by atoms with van der Waals surface area (Å²) in [6.45, 7) is 7.05. The molecule has 4 rings (SSSR count). The molecule has 0 unspecified atom stereocenters. The van der Waals surface area contributed by atoms with Crippen molar-refractivity contribution in [3.63, 3.8) is 0 Å². The average molecular weight is 508 g/mol. The maximum absolute atomic E-state index is 12.5. The van der Waals surface area contributed by atoms with Crippen LogP contribution in [0.4, 0.5) is 4.79 Å². The number of halogens is 1.